The van der Waals surface area contributed by atoms with Crippen LogP contribution in [0.2, 0.25) is 0 Å². The highest BCUT2D eigenvalue weighted by molar-refractivity contribution is 6.60. The number of hydrogen-bond acceptors (Lipinski definition) is 4. The number of carbonyl (C=O) groups is 2. The van der Waals surface area contributed by atoms with Crippen LogP contribution in [0.1, 0.15) is 32.8 Å². The van der Waals surface area contributed by atoms with Crippen LogP contribution in [-0.2, 0) is 9.59 Å². The van der Waals surface area contributed by atoms with Crippen LogP contribution in [0.3, 0.4) is 0 Å². The summed E-state index contributed by atoms with van der Waals surface area (Å²) in [5.41, 5.74) is 1.19. The fourth-order valence-electron chi connectivity index (χ4n) is 2.90. The predicted molar refractivity (Wildman–Crippen MR) is 114 cm³/mol. The molecule has 0 radical (unpaired) electrons. The molecule has 1 aliphatic rings. The monoisotopic (exact) mass is 413 g/mol. The molecule has 0 spiro atoms. The Hall–Kier alpha value is -2.79. The van der Waals surface area contributed by atoms with Crippen LogP contribution >= 0.6 is 11.6 Å². The standard InChI is InChI=1S/C23H24ClNO4/c1-4-12-28-19-7-5-6-17(13-19)25-22(26)20(21(24)23(25)27)16-8-10-18(11-9-16)29-14-15(2)3/h5-11,13,15H,4,12,14H2,1-3H3. The van der Waals surface area contributed by atoms with Crippen molar-refractivity contribution in [3.63, 3.8) is 0 Å². The van der Waals surface area contributed by atoms with Gasteiger partial charge in [0.2, 0.25) is 0 Å². The van der Waals surface area contributed by atoms with Gasteiger partial charge in [-0.3, -0.25) is 9.59 Å². The van der Waals surface area contributed by atoms with Gasteiger partial charge in [0.05, 0.1) is 24.5 Å². The van der Waals surface area contributed by atoms with Gasteiger partial charge in [0, 0.05) is 6.07 Å². The summed E-state index contributed by atoms with van der Waals surface area (Å²) in [7, 11) is 0. The number of ether oxygens (including phenoxy) is 2. The zero-order valence-electron chi connectivity index (χ0n) is 16.8. The first kappa shape index (κ1) is 20.9. The van der Waals surface area contributed by atoms with Gasteiger partial charge in [-0.15, -0.1) is 0 Å². The molecule has 0 saturated carbocycles. The molecule has 2 aromatic carbocycles. The van der Waals surface area contributed by atoms with Crippen molar-refractivity contribution < 1.29 is 19.1 Å². The van der Waals surface area contributed by atoms with E-state index in [1.807, 2.05) is 6.92 Å². The minimum absolute atomic E-state index is 0.0919. The van der Waals surface area contributed by atoms with Gasteiger partial charge in [-0.1, -0.05) is 50.6 Å². The van der Waals surface area contributed by atoms with Crippen LogP contribution in [-0.4, -0.2) is 25.0 Å². The molecule has 6 heteroatoms. The molecule has 0 atom stereocenters. The Kier molecular flexibility index (Phi) is 6.60. The van der Waals surface area contributed by atoms with Gasteiger partial charge in [-0.2, -0.15) is 0 Å². The quantitative estimate of drug-likeness (QED) is 0.569. The van der Waals surface area contributed by atoms with E-state index in [1.165, 1.54) is 0 Å². The molecule has 0 unspecified atom stereocenters. The first-order valence-electron chi connectivity index (χ1n) is 9.67. The second-order valence-corrected chi connectivity index (χ2v) is 7.59. The molecule has 1 heterocycles. The summed E-state index contributed by atoms with van der Waals surface area (Å²) in [4.78, 5) is 26.8. The molecular weight excluding hydrogens is 390 g/mol. The van der Waals surface area contributed by atoms with Gasteiger partial charge in [-0.25, -0.2) is 4.90 Å². The highest BCUT2D eigenvalue weighted by Gasteiger charge is 2.39. The Balaban J connectivity index is 1.84. The lowest BCUT2D eigenvalue weighted by molar-refractivity contribution is -0.119. The Morgan fingerprint density at radius 2 is 1.69 bits per heavy atom. The molecule has 29 heavy (non-hydrogen) atoms. The van der Waals surface area contributed by atoms with E-state index in [0.29, 0.717) is 41.9 Å². The van der Waals surface area contributed by atoms with Crippen LogP contribution in [0, 0.1) is 5.92 Å². The van der Waals surface area contributed by atoms with E-state index >= 15 is 0 Å². The minimum atomic E-state index is -0.542. The van der Waals surface area contributed by atoms with Gasteiger partial charge in [0.25, 0.3) is 11.8 Å². The molecular formula is C23H24ClNO4. The Bertz CT molecular complexity index is 934. The summed E-state index contributed by atoms with van der Waals surface area (Å²) in [6.45, 7) is 7.30. The van der Waals surface area contributed by atoms with Gasteiger partial charge in [-0.05, 0) is 42.2 Å². The number of benzene rings is 2. The molecule has 5 nitrogen and oxygen atoms in total. The second-order valence-electron chi connectivity index (χ2n) is 7.21. The number of imide groups is 1. The average molecular weight is 414 g/mol. The van der Waals surface area contributed by atoms with Crippen LogP contribution in [0.25, 0.3) is 5.57 Å². The first-order chi connectivity index (χ1) is 13.9. The Morgan fingerprint density at radius 1 is 0.966 bits per heavy atom. The fraction of sp³-hybridized carbons (Fsp3) is 0.304. The molecule has 0 aliphatic carbocycles. The highest BCUT2D eigenvalue weighted by Crippen LogP contribution is 2.36. The fourth-order valence-corrected chi connectivity index (χ4v) is 3.18. The van der Waals surface area contributed by atoms with E-state index in [1.54, 1.807) is 48.5 Å². The number of amides is 2. The number of rotatable bonds is 8. The third-order valence-electron chi connectivity index (χ3n) is 4.30. The van der Waals surface area contributed by atoms with Crippen molar-refractivity contribution >= 4 is 34.7 Å². The van der Waals surface area contributed by atoms with Crippen molar-refractivity contribution in [2.75, 3.05) is 18.1 Å². The SMILES string of the molecule is CCCOc1cccc(N2C(=O)C(Cl)=C(c3ccc(OCC(C)C)cc3)C2=O)c1. The van der Waals surface area contributed by atoms with E-state index in [2.05, 4.69) is 13.8 Å². The van der Waals surface area contributed by atoms with E-state index in [-0.39, 0.29) is 10.6 Å². The summed E-state index contributed by atoms with van der Waals surface area (Å²) in [6.07, 6.45) is 0.861. The lowest BCUT2D eigenvalue weighted by Gasteiger charge is -2.16. The second kappa shape index (κ2) is 9.14. The maximum atomic E-state index is 13.0. The summed E-state index contributed by atoms with van der Waals surface area (Å²) >= 11 is 6.27. The number of carbonyl (C=O) groups excluding carboxylic acids is 2. The number of anilines is 1. The van der Waals surface area contributed by atoms with Crippen molar-refractivity contribution in [1.29, 1.82) is 0 Å². The zero-order valence-corrected chi connectivity index (χ0v) is 17.5. The third-order valence-corrected chi connectivity index (χ3v) is 4.65. The van der Waals surface area contributed by atoms with E-state index in [9.17, 15) is 9.59 Å². The normalized spacial score (nSPS) is 14.2. The summed E-state index contributed by atoms with van der Waals surface area (Å²) in [5.74, 6) is 0.712. The molecule has 3 rings (SSSR count). The molecule has 2 amide bonds. The molecule has 0 aromatic heterocycles. The topological polar surface area (TPSA) is 55.8 Å². The molecule has 152 valence electrons. The molecule has 0 bridgehead atoms. The molecule has 0 N–H and O–H groups in total. The van der Waals surface area contributed by atoms with E-state index < -0.39 is 11.8 Å². The van der Waals surface area contributed by atoms with E-state index in [0.717, 1.165) is 11.3 Å². The van der Waals surface area contributed by atoms with Crippen molar-refractivity contribution in [3.05, 3.63) is 59.1 Å². The molecule has 0 fully saturated rings. The smallest absolute Gasteiger partial charge is 0.277 e. The average Bonchev–Trinajstić information content (AvgIpc) is 2.94. The van der Waals surface area contributed by atoms with Gasteiger partial charge < -0.3 is 9.47 Å². The molecule has 2 aromatic rings. The van der Waals surface area contributed by atoms with Crippen molar-refractivity contribution in [1.82, 2.24) is 0 Å². The Labute approximate surface area is 175 Å². The van der Waals surface area contributed by atoms with Crippen LogP contribution in [0.4, 0.5) is 5.69 Å². The van der Waals surface area contributed by atoms with Crippen LogP contribution < -0.4 is 14.4 Å². The first-order valence-corrected chi connectivity index (χ1v) is 10.0. The largest absolute Gasteiger partial charge is 0.494 e. The Morgan fingerprint density at radius 3 is 2.34 bits per heavy atom. The van der Waals surface area contributed by atoms with Gasteiger partial charge >= 0.3 is 0 Å². The highest BCUT2D eigenvalue weighted by atomic mass is 35.5. The zero-order chi connectivity index (χ0) is 21.0. The third kappa shape index (κ3) is 4.62. The summed E-state index contributed by atoms with van der Waals surface area (Å²) in [6, 6.07) is 13.9. The minimum Gasteiger partial charge on any atom is -0.494 e. The van der Waals surface area contributed by atoms with Crippen molar-refractivity contribution in [3.8, 4) is 11.5 Å². The summed E-state index contributed by atoms with van der Waals surface area (Å²) in [5, 5.41) is -0.0919. The number of hydrogen-bond donors (Lipinski definition) is 0. The van der Waals surface area contributed by atoms with Crippen LogP contribution in [0.5, 0.6) is 11.5 Å². The number of halogens is 1. The molecule has 0 saturated heterocycles. The van der Waals surface area contributed by atoms with Crippen LogP contribution in [0.15, 0.2) is 53.6 Å². The maximum absolute atomic E-state index is 13.0. The van der Waals surface area contributed by atoms with Crippen molar-refractivity contribution in [2.24, 2.45) is 5.92 Å². The van der Waals surface area contributed by atoms with Crippen molar-refractivity contribution in [2.45, 2.75) is 27.2 Å². The molecule has 1 aliphatic heterocycles. The maximum Gasteiger partial charge on any atom is 0.277 e. The van der Waals surface area contributed by atoms with Gasteiger partial charge in [0.1, 0.15) is 16.5 Å². The lowest BCUT2D eigenvalue weighted by Crippen LogP contribution is -2.31. The summed E-state index contributed by atoms with van der Waals surface area (Å²) < 4.78 is 11.3. The van der Waals surface area contributed by atoms with E-state index in [4.69, 9.17) is 21.1 Å². The lowest BCUT2D eigenvalue weighted by atomic mass is 10.1. The predicted octanol–water partition coefficient (Wildman–Crippen LogP) is 5.03. The van der Waals surface area contributed by atoms with Gasteiger partial charge in [0.15, 0.2) is 0 Å². The number of nitrogens with zero attached hydrogens (tertiary/aromatic N) is 1.